The van der Waals surface area contributed by atoms with Gasteiger partial charge in [-0.15, -0.1) is 0 Å². The van der Waals surface area contributed by atoms with Gasteiger partial charge in [0.25, 0.3) is 5.91 Å². The van der Waals surface area contributed by atoms with Crippen LogP contribution in [0.5, 0.6) is 0 Å². The Morgan fingerprint density at radius 2 is 1.86 bits per heavy atom. The Balaban J connectivity index is 1.54. The van der Waals surface area contributed by atoms with E-state index in [1.54, 1.807) is 6.92 Å². The Bertz CT molecular complexity index is 989. The van der Waals surface area contributed by atoms with Gasteiger partial charge in [0.1, 0.15) is 11.6 Å². The van der Waals surface area contributed by atoms with Gasteiger partial charge in [-0.1, -0.05) is 41.6 Å². The minimum Gasteiger partial charge on any atom is -0.355 e. The van der Waals surface area contributed by atoms with E-state index >= 15 is 0 Å². The second-order valence-corrected chi connectivity index (χ2v) is 6.08. The summed E-state index contributed by atoms with van der Waals surface area (Å²) in [7, 11) is 0. The average molecular weight is 385 g/mol. The highest BCUT2D eigenvalue weighted by Crippen LogP contribution is 2.20. The molecule has 3 aromatic rings. The maximum atomic E-state index is 13.7. The van der Waals surface area contributed by atoms with Crippen molar-refractivity contribution in [2.75, 3.05) is 6.54 Å². The van der Waals surface area contributed by atoms with Crippen molar-refractivity contribution >= 4 is 11.8 Å². The van der Waals surface area contributed by atoms with Crippen molar-refractivity contribution in [3.05, 3.63) is 77.5 Å². The summed E-state index contributed by atoms with van der Waals surface area (Å²) in [6.07, 6.45) is 0. The molecule has 1 heterocycles. The van der Waals surface area contributed by atoms with Crippen LogP contribution in [0.15, 0.2) is 59.1 Å². The predicted molar refractivity (Wildman–Crippen MR) is 97.2 cm³/mol. The lowest BCUT2D eigenvalue weighted by molar-refractivity contribution is -0.120. The maximum Gasteiger partial charge on any atom is 0.273 e. The molecule has 0 radical (unpaired) electrons. The van der Waals surface area contributed by atoms with Crippen LogP contribution in [0.3, 0.4) is 0 Å². The lowest BCUT2D eigenvalue weighted by Gasteiger charge is -2.15. The predicted octanol–water partition coefficient (Wildman–Crippen LogP) is 3.23. The number of hydrogen-bond acceptors (Lipinski definition) is 4. The van der Waals surface area contributed by atoms with E-state index in [0.717, 1.165) is 17.7 Å². The third kappa shape index (κ3) is 4.59. The van der Waals surface area contributed by atoms with Crippen LogP contribution >= 0.6 is 0 Å². The van der Waals surface area contributed by atoms with Gasteiger partial charge in [-0.2, -0.15) is 0 Å². The standard InChI is InChI=1S/C20H17F2N3O3/c1-12(15-8-7-14(21)9-16(15)22)24-19(26)11-23-20(27)17-10-18(28-25-17)13-5-3-2-4-6-13/h2-10,12H,11H2,1H3,(H,23,27)(H,24,26). The van der Waals surface area contributed by atoms with Crippen LogP contribution in [0.4, 0.5) is 8.78 Å². The van der Waals surface area contributed by atoms with Crippen molar-refractivity contribution < 1.29 is 22.9 Å². The Labute approximate surface area is 159 Å². The second-order valence-electron chi connectivity index (χ2n) is 6.08. The molecule has 0 bridgehead atoms. The Kier molecular flexibility index (Phi) is 5.78. The molecule has 1 atom stereocenters. The number of benzene rings is 2. The SMILES string of the molecule is CC(NC(=O)CNC(=O)c1cc(-c2ccccc2)on1)c1ccc(F)cc1F. The molecule has 2 aromatic carbocycles. The Morgan fingerprint density at radius 1 is 1.11 bits per heavy atom. The molecule has 6 nitrogen and oxygen atoms in total. The molecule has 28 heavy (non-hydrogen) atoms. The first kappa shape index (κ1) is 19.2. The van der Waals surface area contributed by atoms with Crippen LogP contribution in [-0.4, -0.2) is 23.5 Å². The number of nitrogens with one attached hydrogen (secondary N) is 2. The summed E-state index contributed by atoms with van der Waals surface area (Å²) in [4.78, 5) is 24.1. The fourth-order valence-corrected chi connectivity index (χ4v) is 2.59. The fourth-order valence-electron chi connectivity index (χ4n) is 2.59. The first-order valence-corrected chi connectivity index (χ1v) is 8.48. The Hall–Kier alpha value is -3.55. The van der Waals surface area contributed by atoms with E-state index in [-0.39, 0.29) is 17.8 Å². The highest BCUT2D eigenvalue weighted by molar-refractivity contribution is 5.95. The molecule has 144 valence electrons. The molecule has 0 aliphatic heterocycles. The molecular formula is C20H17F2N3O3. The van der Waals surface area contributed by atoms with E-state index in [2.05, 4.69) is 15.8 Å². The zero-order valence-corrected chi connectivity index (χ0v) is 14.9. The van der Waals surface area contributed by atoms with Crippen molar-refractivity contribution in [2.24, 2.45) is 0 Å². The number of aromatic nitrogens is 1. The van der Waals surface area contributed by atoms with E-state index in [0.29, 0.717) is 5.76 Å². The normalized spacial score (nSPS) is 11.7. The summed E-state index contributed by atoms with van der Waals surface area (Å²) in [5.74, 6) is -2.14. The quantitative estimate of drug-likeness (QED) is 0.682. The van der Waals surface area contributed by atoms with Crippen LogP contribution in [0.1, 0.15) is 29.0 Å². The fraction of sp³-hybridized carbons (Fsp3) is 0.150. The molecule has 1 aromatic heterocycles. The van der Waals surface area contributed by atoms with Crippen LogP contribution in [0, 0.1) is 11.6 Å². The van der Waals surface area contributed by atoms with Crippen LogP contribution in [0.2, 0.25) is 0 Å². The number of nitrogens with zero attached hydrogens (tertiary/aromatic N) is 1. The molecule has 0 spiro atoms. The lowest BCUT2D eigenvalue weighted by Crippen LogP contribution is -2.38. The summed E-state index contributed by atoms with van der Waals surface area (Å²) in [5, 5.41) is 8.65. The summed E-state index contributed by atoms with van der Waals surface area (Å²) in [6, 6.07) is 13.0. The smallest absolute Gasteiger partial charge is 0.273 e. The molecule has 0 aliphatic rings. The first-order valence-electron chi connectivity index (χ1n) is 8.48. The van der Waals surface area contributed by atoms with E-state index in [9.17, 15) is 18.4 Å². The number of carbonyl (C=O) groups is 2. The van der Waals surface area contributed by atoms with E-state index in [4.69, 9.17) is 4.52 Å². The molecule has 1 unspecified atom stereocenters. The molecule has 3 rings (SSSR count). The monoisotopic (exact) mass is 385 g/mol. The molecule has 8 heteroatoms. The highest BCUT2D eigenvalue weighted by Gasteiger charge is 2.17. The molecule has 2 N–H and O–H groups in total. The largest absolute Gasteiger partial charge is 0.355 e. The summed E-state index contributed by atoms with van der Waals surface area (Å²) >= 11 is 0. The van der Waals surface area contributed by atoms with Gasteiger partial charge in [0, 0.05) is 23.3 Å². The number of carbonyl (C=O) groups excluding carboxylic acids is 2. The van der Waals surface area contributed by atoms with Crippen LogP contribution in [-0.2, 0) is 4.79 Å². The van der Waals surface area contributed by atoms with Crippen molar-refractivity contribution in [3.63, 3.8) is 0 Å². The number of halogens is 2. The van der Waals surface area contributed by atoms with Crippen LogP contribution < -0.4 is 10.6 Å². The minimum absolute atomic E-state index is 0.0317. The zero-order valence-electron chi connectivity index (χ0n) is 14.9. The van der Waals surface area contributed by atoms with Gasteiger partial charge in [-0.05, 0) is 13.0 Å². The van der Waals surface area contributed by atoms with Gasteiger partial charge < -0.3 is 15.2 Å². The van der Waals surface area contributed by atoms with Gasteiger partial charge in [-0.25, -0.2) is 8.78 Å². The van der Waals surface area contributed by atoms with Crippen molar-refractivity contribution in [1.29, 1.82) is 0 Å². The topological polar surface area (TPSA) is 84.2 Å². The zero-order chi connectivity index (χ0) is 20.1. The number of rotatable bonds is 6. The van der Waals surface area contributed by atoms with Crippen LogP contribution in [0.25, 0.3) is 11.3 Å². The van der Waals surface area contributed by atoms with Crippen molar-refractivity contribution in [1.82, 2.24) is 15.8 Å². The maximum absolute atomic E-state index is 13.7. The molecule has 0 aliphatic carbocycles. The lowest BCUT2D eigenvalue weighted by atomic mass is 10.1. The van der Waals surface area contributed by atoms with E-state index in [1.807, 2.05) is 30.3 Å². The summed E-state index contributed by atoms with van der Waals surface area (Å²) in [5.41, 5.74) is 0.941. The van der Waals surface area contributed by atoms with E-state index in [1.165, 1.54) is 12.1 Å². The number of hydrogen-bond donors (Lipinski definition) is 2. The molecule has 0 saturated carbocycles. The summed E-state index contributed by atoms with van der Waals surface area (Å²) < 4.78 is 31.9. The molecule has 0 saturated heterocycles. The minimum atomic E-state index is -0.757. The molecule has 0 fully saturated rings. The van der Waals surface area contributed by atoms with Gasteiger partial charge in [0.15, 0.2) is 11.5 Å². The third-order valence-corrected chi connectivity index (χ3v) is 4.02. The Morgan fingerprint density at radius 3 is 2.57 bits per heavy atom. The summed E-state index contributed by atoms with van der Waals surface area (Å²) in [6.45, 7) is 1.22. The number of amides is 2. The van der Waals surface area contributed by atoms with Gasteiger partial charge in [-0.3, -0.25) is 9.59 Å². The van der Waals surface area contributed by atoms with Gasteiger partial charge in [0.2, 0.25) is 5.91 Å². The molecular weight excluding hydrogens is 368 g/mol. The third-order valence-electron chi connectivity index (χ3n) is 4.02. The van der Waals surface area contributed by atoms with E-state index < -0.39 is 29.5 Å². The second kappa shape index (κ2) is 8.43. The van der Waals surface area contributed by atoms with Gasteiger partial charge >= 0.3 is 0 Å². The average Bonchev–Trinajstić information content (AvgIpc) is 3.17. The molecule has 2 amide bonds. The highest BCUT2D eigenvalue weighted by atomic mass is 19.1. The van der Waals surface area contributed by atoms with Gasteiger partial charge in [0.05, 0.1) is 12.6 Å². The first-order chi connectivity index (χ1) is 13.4. The van der Waals surface area contributed by atoms with Crippen molar-refractivity contribution in [2.45, 2.75) is 13.0 Å². The van der Waals surface area contributed by atoms with Crippen molar-refractivity contribution in [3.8, 4) is 11.3 Å².